The molecule has 0 spiro atoms. The molecule has 2 nitrogen and oxygen atoms in total. The van der Waals surface area contributed by atoms with Gasteiger partial charge < -0.3 is 0 Å². The monoisotopic (exact) mass is 136 g/mol. The number of rotatable bonds is 0. The zero-order valence-electron chi connectivity index (χ0n) is 5.54. The van der Waals surface area contributed by atoms with E-state index in [2.05, 4.69) is 0 Å². The summed E-state index contributed by atoms with van der Waals surface area (Å²) in [4.78, 5) is 22.4. The topological polar surface area (TPSA) is 34.1 Å². The van der Waals surface area contributed by atoms with E-state index >= 15 is 0 Å². The molecule has 0 bridgehead atoms. The van der Waals surface area contributed by atoms with Gasteiger partial charge in [0.1, 0.15) is 11.6 Å². The molecule has 0 heterocycles. The highest BCUT2D eigenvalue weighted by Gasteiger charge is 2.64. The fourth-order valence-corrected chi connectivity index (χ4v) is 2.20. The maximum atomic E-state index is 11.2. The number of hydrogen-bond donors (Lipinski definition) is 0. The summed E-state index contributed by atoms with van der Waals surface area (Å²) in [5.74, 6) is 1.50. The number of fused-ring (bicyclic) bond motifs is 2. The van der Waals surface area contributed by atoms with Crippen molar-refractivity contribution in [2.45, 2.75) is 12.8 Å². The van der Waals surface area contributed by atoms with Crippen LogP contribution >= 0.6 is 0 Å². The van der Waals surface area contributed by atoms with Crippen LogP contribution in [0, 0.1) is 23.7 Å². The van der Waals surface area contributed by atoms with E-state index in [1.807, 2.05) is 0 Å². The fourth-order valence-electron chi connectivity index (χ4n) is 2.20. The second-order valence-corrected chi connectivity index (χ2v) is 3.70. The molecule has 0 aliphatic heterocycles. The first-order valence-electron chi connectivity index (χ1n) is 3.86. The molecule has 0 aromatic rings. The molecule has 3 fully saturated rings. The predicted molar refractivity (Wildman–Crippen MR) is 33.2 cm³/mol. The van der Waals surface area contributed by atoms with E-state index in [1.165, 1.54) is 0 Å². The van der Waals surface area contributed by atoms with Crippen LogP contribution in [0.5, 0.6) is 0 Å². The third kappa shape index (κ3) is 0.395. The molecule has 0 radical (unpaired) electrons. The Hall–Kier alpha value is -0.660. The number of ketones is 2. The Bertz CT molecular complexity index is 198. The average molecular weight is 136 g/mol. The first-order chi connectivity index (χ1) is 4.79. The third-order valence-corrected chi connectivity index (χ3v) is 3.04. The van der Waals surface area contributed by atoms with E-state index in [1.54, 1.807) is 0 Å². The molecule has 52 valence electrons. The lowest BCUT2D eigenvalue weighted by molar-refractivity contribution is -0.130. The Labute approximate surface area is 58.6 Å². The van der Waals surface area contributed by atoms with Gasteiger partial charge in [0.05, 0.1) is 0 Å². The minimum Gasteiger partial charge on any atom is -0.299 e. The summed E-state index contributed by atoms with van der Waals surface area (Å²) >= 11 is 0. The van der Waals surface area contributed by atoms with Gasteiger partial charge in [-0.25, -0.2) is 0 Å². The highest BCUT2D eigenvalue weighted by molar-refractivity contribution is 6.06. The molecule has 0 unspecified atom stereocenters. The average Bonchev–Trinajstić information content (AvgIpc) is 2.77. The first-order valence-corrected chi connectivity index (χ1v) is 3.86. The lowest BCUT2D eigenvalue weighted by Crippen LogP contribution is -2.19. The molecule has 0 N–H and O–H groups in total. The fraction of sp³-hybridized carbons (Fsp3) is 0.750. The lowest BCUT2D eigenvalue weighted by Gasteiger charge is -2.03. The van der Waals surface area contributed by atoms with Crippen molar-refractivity contribution < 1.29 is 9.59 Å². The van der Waals surface area contributed by atoms with E-state index in [0.717, 1.165) is 12.8 Å². The summed E-state index contributed by atoms with van der Waals surface area (Å²) in [5.41, 5.74) is 0. The number of hydrogen-bond acceptors (Lipinski definition) is 2. The SMILES string of the molecule is O=C1[C@H]2C[C@H]2C(=O)[C@@H]2C[C@H]12. The Kier molecular flexibility index (Phi) is 0.607. The lowest BCUT2D eigenvalue weighted by atomic mass is 9.98. The van der Waals surface area contributed by atoms with Crippen LogP contribution in [0.3, 0.4) is 0 Å². The van der Waals surface area contributed by atoms with Gasteiger partial charge in [-0.1, -0.05) is 0 Å². The minimum atomic E-state index is 0.177. The van der Waals surface area contributed by atoms with Gasteiger partial charge in [-0.05, 0) is 12.8 Å². The molecule has 4 atom stereocenters. The van der Waals surface area contributed by atoms with Crippen LogP contribution in [0.25, 0.3) is 0 Å². The van der Waals surface area contributed by atoms with Crippen molar-refractivity contribution in [1.82, 2.24) is 0 Å². The maximum Gasteiger partial charge on any atom is 0.140 e. The van der Waals surface area contributed by atoms with Crippen LogP contribution in [-0.2, 0) is 9.59 Å². The smallest absolute Gasteiger partial charge is 0.140 e. The van der Waals surface area contributed by atoms with Gasteiger partial charge >= 0.3 is 0 Å². The first kappa shape index (κ1) is 5.05. The van der Waals surface area contributed by atoms with Gasteiger partial charge in [0.15, 0.2) is 0 Å². The molecule has 2 heteroatoms. The second kappa shape index (κ2) is 1.20. The Morgan fingerprint density at radius 3 is 1.40 bits per heavy atom. The van der Waals surface area contributed by atoms with Crippen LogP contribution in [-0.4, -0.2) is 11.6 Å². The zero-order chi connectivity index (χ0) is 6.88. The van der Waals surface area contributed by atoms with Crippen molar-refractivity contribution in [3.05, 3.63) is 0 Å². The molecule has 0 aromatic heterocycles. The molecule has 0 saturated heterocycles. The second-order valence-electron chi connectivity index (χ2n) is 3.70. The molecule has 10 heavy (non-hydrogen) atoms. The van der Waals surface area contributed by atoms with Gasteiger partial charge in [0.25, 0.3) is 0 Å². The van der Waals surface area contributed by atoms with Crippen LogP contribution in [0.4, 0.5) is 0 Å². The number of carbonyl (C=O) groups is 2. The standard InChI is InChI=1S/C8H8O2/c9-7-3-1-4(3)8(10)6-2-5(6)7/h3-6H,1-2H2/t3-,4+,5-,6+. The summed E-state index contributed by atoms with van der Waals surface area (Å²) in [6, 6.07) is 0. The van der Waals surface area contributed by atoms with E-state index in [-0.39, 0.29) is 23.7 Å². The van der Waals surface area contributed by atoms with Gasteiger partial charge in [0, 0.05) is 23.7 Å². The summed E-state index contributed by atoms with van der Waals surface area (Å²) in [7, 11) is 0. The molecule has 0 aromatic carbocycles. The highest BCUT2D eigenvalue weighted by Crippen LogP contribution is 2.58. The summed E-state index contributed by atoms with van der Waals surface area (Å²) in [6.07, 6.45) is 1.76. The summed E-state index contributed by atoms with van der Waals surface area (Å²) in [5, 5.41) is 0. The molecule has 3 aliphatic carbocycles. The van der Waals surface area contributed by atoms with Crippen molar-refractivity contribution in [3.63, 3.8) is 0 Å². The van der Waals surface area contributed by atoms with E-state index in [0.29, 0.717) is 11.6 Å². The summed E-state index contributed by atoms with van der Waals surface area (Å²) < 4.78 is 0. The number of Topliss-reactive ketones (excluding diaryl/α,β-unsaturated/α-hetero) is 2. The van der Waals surface area contributed by atoms with Gasteiger partial charge in [-0.15, -0.1) is 0 Å². The van der Waals surface area contributed by atoms with E-state index in [4.69, 9.17) is 0 Å². The van der Waals surface area contributed by atoms with Crippen molar-refractivity contribution >= 4 is 11.6 Å². The van der Waals surface area contributed by atoms with Crippen molar-refractivity contribution in [1.29, 1.82) is 0 Å². The Morgan fingerprint density at radius 1 is 0.800 bits per heavy atom. The predicted octanol–water partition coefficient (Wildman–Crippen LogP) is 0.410. The Morgan fingerprint density at radius 2 is 1.10 bits per heavy atom. The molecule has 3 rings (SSSR count). The van der Waals surface area contributed by atoms with Crippen LogP contribution in [0.15, 0.2) is 0 Å². The minimum absolute atomic E-state index is 0.177. The zero-order valence-corrected chi connectivity index (χ0v) is 5.54. The van der Waals surface area contributed by atoms with Crippen LogP contribution in [0.2, 0.25) is 0 Å². The van der Waals surface area contributed by atoms with Gasteiger partial charge in [0.2, 0.25) is 0 Å². The molecule has 0 amide bonds. The van der Waals surface area contributed by atoms with Crippen LogP contribution in [0.1, 0.15) is 12.8 Å². The van der Waals surface area contributed by atoms with Crippen molar-refractivity contribution in [2.75, 3.05) is 0 Å². The van der Waals surface area contributed by atoms with Crippen molar-refractivity contribution in [2.24, 2.45) is 23.7 Å². The van der Waals surface area contributed by atoms with Gasteiger partial charge in [-0.2, -0.15) is 0 Å². The molecule has 3 saturated carbocycles. The normalized spacial score (nSPS) is 55.6. The third-order valence-electron chi connectivity index (χ3n) is 3.04. The summed E-state index contributed by atoms with van der Waals surface area (Å²) in [6.45, 7) is 0. The Balaban J connectivity index is 2.01. The largest absolute Gasteiger partial charge is 0.299 e. The van der Waals surface area contributed by atoms with Crippen molar-refractivity contribution in [3.8, 4) is 0 Å². The van der Waals surface area contributed by atoms with E-state index < -0.39 is 0 Å². The van der Waals surface area contributed by atoms with Crippen LogP contribution < -0.4 is 0 Å². The molecule has 3 aliphatic rings. The number of carbonyl (C=O) groups excluding carboxylic acids is 2. The quantitative estimate of drug-likeness (QED) is 0.483. The maximum absolute atomic E-state index is 11.2. The van der Waals surface area contributed by atoms with Gasteiger partial charge in [-0.3, -0.25) is 9.59 Å². The van der Waals surface area contributed by atoms with E-state index in [9.17, 15) is 9.59 Å². The highest BCUT2D eigenvalue weighted by atomic mass is 16.1. The molecular formula is C8H8O2. The molecular weight excluding hydrogens is 128 g/mol.